The normalized spacial score (nSPS) is 13.0. The van der Waals surface area contributed by atoms with Crippen LogP contribution in [-0.4, -0.2) is 54.2 Å². The van der Waals surface area contributed by atoms with Crippen LogP contribution in [0, 0.1) is 49.4 Å². The van der Waals surface area contributed by atoms with Gasteiger partial charge in [-0.25, -0.2) is 12.6 Å². The van der Waals surface area contributed by atoms with Crippen LogP contribution in [0.15, 0.2) is 108 Å². The van der Waals surface area contributed by atoms with Crippen molar-refractivity contribution in [3.05, 3.63) is 108 Å². The van der Waals surface area contributed by atoms with E-state index < -0.39 is 46.3 Å². The quantitative estimate of drug-likeness (QED) is 0.0937. The molecule has 0 aliphatic heterocycles. The fraction of sp³-hybridized carbons (Fsp3) is 0.125. The summed E-state index contributed by atoms with van der Waals surface area (Å²) in [5, 5.41) is 21.3. The van der Waals surface area contributed by atoms with Gasteiger partial charge in [-0.05, 0) is 70.1 Å². The van der Waals surface area contributed by atoms with Gasteiger partial charge in [0.2, 0.25) is 0 Å². The van der Waals surface area contributed by atoms with E-state index in [2.05, 4.69) is 14.2 Å². The average Bonchev–Trinajstić information content (AvgIpc) is 3.59. The van der Waals surface area contributed by atoms with E-state index in [0.29, 0.717) is 15.9 Å². The average molecular weight is 915 g/mol. The van der Waals surface area contributed by atoms with Crippen LogP contribution in [-0.2, 0) is 21.5 Å². The van der Waals surface area contributed by atoms with Crippen molar-refractivity contribution in [3.8, 4) is 28.0 Å². The number of pyridine rings is 2. The van der Waals surface area contributed by atoms with Gasteiger partial charge in [-0.2, -0.15) is 13.2 Å². The minimum Gasteiger partial charge on any atom is -0.744 e. The van der Waals surface area contributed by atoms with Gasteiger partial charge < -0.3 is 23.5 Å². The molecule has 3 heterocycles. The standard InChI is InChI=1S/C24H16N2O6S2.C8H9F3O2S.Eu.2Na/c27-33(28)32-17-5-1-15(2-6-17)19-11-13-25-23-21(19)9-10-22-20(12-14-26-24(22)23)16-3-7-18(8-4-16)34(29,30)31;9-8(10,11)7(13)4-5(12)6-2-1-3-14-6;;;/h1-14H,(H,27,28)(H,29,30,31);1-3,5,7,12-13H,4H2;;;/q;;;2*+1/p-2. The monoisotopic (exact) mass is 915 g/mol. The Morgan fingerprint density at radius 3 is 1.73 bits per heavy atom. The summed E-state index contributed by atoms with van der Waals surface area (Å²) in [5.41, 5.74) is 4.64. The first-order valence-electron chi connectivity index (χ1n) is 13.8. The summed E-state index contributed by atoms with van der Waals surface area (Å²) in [6, 6.07) is 23.1. The number of aliphatic hydroxyl groups is 2. The van der Waals surface area contributed by atoms with Crippen LogP contribution in [0.1, 0.15) is 17.4 Å². The molecule has 2 N–H and O–H groups in total. The van der Waals surface area contributed by atoms with Gasteiger partial charge in [0.1, 0.15) is 27.2 Å². The Balaban J connectivity index is 0.000000453. The number of thiophene rings is 1. The van der Waals surface area contributed by atoms with E-state index in [-0.39, 0.29) is 119 Å². The molecule has 3 atom stereocenters. The van der Waals surface area contributed by atoms with Crippen molar-refractivity contribution >= 4 is 54.6 Å². The van der Waals surface area contributed by atoms with Crippen molar-refractivity contribution in [3.63, 3.8) is 0 Å². The molecule has 0 spiro atoms. The van der Waals surface area contributed by atoms with Crippen LogP contribution in [0.4, 0.5) is 13.2 Å². The Morgan fingerprint density at radius 2 is 1.31 bits per heavy atom. The molecule has 0 fully saturated rings. The SMILES string of the molecule is O=S([O-])Oc1ccc(-c2ccnc3c2ccc2c(-c4ccc(S(=O)(=O)[O-])cc4)ccnc23)cc1.OC(CC(O)C(F)(F)F)c1cccs1.[Eu].[Na+].[Na+]. The second-order valence-corrected chi connectivity index (χ2v) is 13.1. The largest absolute Gasteiger partial charge is 1.00 e. The summed E-state index contributed by atoms with van der Waals surface area (Å²) in [5.74, 6) is 0.211. The molecule has 0 aliphatic carbocycles. The van der Waals surface area contributed by atoms with Crippen molar-refractivity contribution in [1.82, 2.24) is 9.97 Å². The molecule has 51 heavy (non-hydrogen) atoms. The van der Waals surface area contributed by atoms with E-state index >= 15 is 0 Å². The molecule has 1 radical (unpaired) electrons. The third-order valence-electron chi connectivity index (χ3n) is 7.10. The summed E-state index contributed by atoms with van der Waals surface area (Å²) in [6.45, 7) is 0. The Bertz CT molecular complexity index is 2180. The molecule has 19 heteroatoms. The van der Waals surface area contributed by atoms with Gasteiger partial charge in [0.25, 0.3) is 0 Å². The molecule has 0 saturated carbocycles. The zero-order valence-electron chi connectivity index (χ0n) is 26.7. The molecule has 6 aromatic rings. The number of hydrogen-bond acceptors (Lipinski definition) is 11. The molecule has 0 aliphatic rings. The third kappa shape index (κ3) is 12.1. The molecule has 3 unspecified atom stereocenters. The van der Waals surface area contributed by atoms with Crippen LogP contribution in [0.3, 0.4) is 0 Å². The van der Waals surface area contributed by atoms with Gasteiger partial charge in [-0.3, -0.25) is 9.97 Å². The zero-order valence-corrected chi connectivity index (χ0v) is 35.5. The topological polar surface area (TPSA) is 173 Å². The molecular formula is C32H23EuF3N2Na2O8S3. The van der Waals surface area contributed by atoms with Gasteiger partial charge >= 0.3 is 65.3 Å². The fourth-order valence-corrected chi connectivity index (χ4v) is 6.31. The van der Waals surface area contributed by atoms with Crippen LogP contribution < -0.4 is 63.3 Å². The first kappa shape index (κ1) is 46.4. The number of aliphatic hydroxyl groups excluding tert-OH is 2. The second-order valence-electron chi connectivity index (χ2n) is 10.2. The number of halogens is 3. The maximum atomic E-state index is 11.9. The van der Waals surface area contributed by atoms with E-state index in [9.17, 15) is 40.0 Å². The zero-order chi connectivity index (χ0) is 34.6. The maximum absolute atomic E-state index is 11.9. The van der Waals surface area contributed by atoms with E-state index in [1.807, 2.05) is 24.3 Å². The Labute approximate surface area is 382 Å². The van der Waals surface area contributed by atoms with Gasteiger partial charge in [-0.1, -0.05) is 42.5 Å². The summed E-state index contributed by atoms with van der Waals surface area (Å²) in [7, 11) is -4.52. The molecule has 0 amide bonds. The second kappa shape index (κ2) is 20.3. The number of benzene rings is 3. The van der Waals surface area contributed by atoms with Crippen molar-refractivity contribution in [2.75, 3.05) is 0 Å². The number of alkyl halides is 3. The number of nitrogens with zero attached hydrogens (tertiary/aromatic N) is 2. The number of hydrogen-bond donors (Lipinski definition) is 2. The van der Waals surface area contributed by atoms with Gasteiger partial charge in [-0.15, -0.1) is 11.3 Å². The van der Waals surface area contributed by atoms with E-state index in [1.54, 1.807) is 60.2 Å². The van der Waals surface area contributed by atoms with Crippen molar-refractivity contribution in [1.29, 1.82) is 0 Å². The van der Waals surface area contributed by atoms with E-state index in [1.165, 1.54) is 18.2 Å². The van der Waals surface area contributed by atoms with E-state index in [4.69, 9.17) is 5.11 Å². The van der Waals surface area contributed by atoms with Crippen LogP contribution >= 0.6 is 11.3 Å². The summed E-state index contributed by atoms with van der Waals surface area (Å²) >= 11 is -1.49. The van der Waals surface area contributed by atoms with Crippen molar-refractivity contribution in [2.24, 2.45) is 0 Å². The van der Waals surface area contributed by atoms with Gasteiger partial charge in [0, 0.05) is 83.8 Å². The summed E-state index contributed by atoms with van der Waals surface area (Å²) in [4.78, 5) is 9.22. The smallest absolute Gasteiger partial charge is 0.744 e. The van der Waals surface area contributed by atoms with Crippen LogP contribution in [0.2, 0.25) is 0 Å². The van der Waals surface area contributed by atoms with Crippen molar-refractivity contribution < 1.29 is 158 Å². The first-order chi connectivity index (χ1) is 22.7. The molecule has 6 rings (SSSR count). The molecule has 3 aromatic heterocycles. The minimum absolute atomic E-state index is 0. The fourth-order valence-electron chi connectivity index (χ4n) is 4.84. The predicted molar refractivity (Wildman–Crippen MR) is 171 cm³/mol. The maximum Gasteiger partial charge on any atom is 1.00 e. The third-order valence-corrected chi connectivity index (χ3v) is 9.25. The molecule has 0 saturated heterocycles. The van der Waals surface area contributed by atoms with Crippen LogP contribution in [0.5, 0.6) is 5.75 Å². The molecule has 3 aromatic carbocycles. The number of rotatable bonds is 8. The van der Waals surface area contributed by atoms with Crippen molar-refractivity contribution in [2.45, 2.75) is 29.7 Å². The Kier molecular flexibility index (Phi) is 18.5. The summed E-state index contributed by atoms with van der Waals surface area (Å²) in [6.07, 6.45) is -5.79. The predicted octanol–water partition coefficient (Wildman–Crippen LogP) is 0.297. The van der Waals surface area contributed by atoms with Gasteiger partial charge in [0.15, 0.2) is 6.10 Å². The molecular weight excluding hydrogens is 891 g/mol. The van der Waals surface area contributed by atoms with E-state index in [0.717, 1.165) is 44.4 Å². The summed E-state index contributed by atoms with van der Waals surface area (Å²) < 4.78 is 95.6. The molecule has 257 valence electrons. The molecule has 0 bridgehead atoms. The Morgan fingerprint density at radius 1 is 0.824 bits per heavy atom. The Hall–Kier alpha value is -0.706. The minimum atomic E-state index is -4.67. The number of fused-ring (bicyclic) bond motifs is 3. The molecule has 10 nitrogen and oxygen atoms in total. The first-order valence-corrected chi connectivity index (χ1v) is 17.1. The van der Waals surface area contributed by atoms with Gasteiger partial charge in [0.05, 0.1) is 22.0 Å². The number of aromatic nitrogens is 2. The van der Waals surface area contributed by atoms with Crippen LogP contribution in [0.25, 0.3) is 44.1 Å².